The number of aryl methyl sites for hydroxylation is 1. The average Bonchev–Trinajstić information content (AvgIpc) is 2.58. The lowest BCUT2D eigenvalue weighted by Crippen LogP contribution is -2.29. The smallest absolute Gasteiger partial charge is 0.335 e. The van der Waals surface area contributed by atoms with Gasteiger partial charge in [0.05, 0.1) is 0 Å². The number of furan rings is 1. The molecule has 2 aromatic heterocycles. The first kappa shape index (κ1) is 9.32. The number of anilines is 1. The normalized spacial score (nSPS) is 10.5. The van der Waals surface area contributed by atoms with Gasteiger partial charge in [0, 0.05) is 12.3 Å². The molecule has 6 nitrogen and oxygen atoms in total. The standard InChI is InChI=1S/C9H9N3O3/c1-5-2-3-7(15-5)12-4-6(10)8(13)11-9(12)14/h2-4H,10H2,1H3,(H,11,13,14). The van der Waals surface area contributed by atoms with Crippen LogP contribution in [0.2, 0.25) is 0 Å². The monoisotopic (exact) mass is 207 g/mol. The van der Waals surface area contributed by atoms with Crippen molar-refractivity contribution in [3.05, 3.63) is 44.9 Å². The van der Waals surface area contributed by atoms with Crippen LogP contribution in [0, 0.1) is 6.92 Å². The summed E-state index contributed by atoms with van der Waals surface area (Å²) in [7, 11) is 0. The van der Waals surface area contributed by atoms with Gasteiger partial charge in [0.25, 0.3) is 5.56 Å². The number of hydrogen-bond acceptors (Lipinski definition) is 4. The van der Waals surface area contributed by atoms with Crippen molar-refractivity contribution in [2.45, 2.75) is 6.92 Å². The lowest BCUT2D eigenvalue weighted by molar-refractivity contribution is 0.504. The van der Waals surface area contributed by atoms with E-state index in [0.717, 1.165) is 4.57 Å². The minimum Gasteiger partial charge on any atom is -0.445 e. The quantitative estimate of drug-likeness (QED) is 0.688. The Kier molecular flexibility index (Phi) is 1.96. The maximum Gasteiger partial charge on any atom is 0.335 e. The van der Waals surface area contributed by atoms with Gasteiger partial charge in [-0.2, -0.15) is 0 Å². The molecule has 2 heterocycles. The SMILES string of the molecule is Cc1ccc(-n2cc(N)c(=O)[nH]c2=O)o1. The van der Waals surface area contributed by atoms with E-state index in [1.165, 1.54) is 6.20 Å². The van der Waals surface area contributed by atoms with E-state index in [9.17, 15) is 9.59 Å². The molecular weight excluding hydrogens is 198 g/mol. The Labute approximate surface area is 84.0 Å². The summed E-state index contributed by atoms with van der Waals surface area (Å²) in [5.41, 5.74) is 4.17. The van der Waals surface area contributed by atoms with Gasteiger partial charge < -0.3 is 10.2 Å². The van der Waals surface area contributed by atoms with E-state index in [0.29, 0.717) is 11.6 Å². The summed E-state index contributed by atoms with van der Waals surface area (Å²) in [6.07, 6.45) is 1.24. The number of nitrogens with one attached hydrogen (secondary N) is 1. The Bertz CT molecular complexity index is 606. The second kappa shape index (κ2) is 3.16. The molecule has 0 amide bonds. The van der Waals surface area contributed by atoms with Crippen LogP contribution in [0.25, 0.3) is 5.88 Å². The number of H-pyrrole nitrogens is 1. The number of nitrogens with two attached hydrogens (primary N) is 1. The van der Waals surface area contributed by atoms with Crippen molar-refractivity contribution in [3.63, 3.8) is 0 Å². The second-order valence-corrected chi connectivity index (χ2v) is 3.10. The van der Waals surface area contributed by atoms with Crippen LogP contribution in [0.5, 0.6) is 0 Å². The molecule has 0 aliphatic carbocycles. The van der Waals surface area contributed by atoms with Crippen molar-refractivity contribution in [1.82, 2.24) is 9.55 Å². The number of rotatable bonds is 1. The maximum atomic E-state index is 11.4. The average molecular weight is 207 g/mol. The molecule has 0 unspecified atom stereocenters. The molecule has 78 valence electrons. The first-order valence-corrected chi connectivity index (χ1v) is 4.26. The van der Waals surface area contributed by atoms with Crippen LogP contribution < -0.4 is 17.0 Å². The van der Waals surface area contributed by atoms with Crippen LogP contribution in [0.15, 0.2) is 32.3 Å². The molecule has 0 radical (unpaired) electrons. The van der Waals surface area contributed by atoms with Gasteiger partial charge in [0.15, 0.2) is 0 Å². The third kappa shape index (κ3) is 1.56. The summed E-state index contributed by atoms with van der Waals surface area (Å²) in [5, 5.41) is 0. The van der Waals surface area contributed by atoms with E-state index in [-0.39, 0.29) is 5.69 Å². The Morgan fingerprint density at radius 2 is 2.13 bits per heavy atom. The van der Waals surface area contributed by atoms with E-state index >= 15 is 0 Å². The van der Waals surface area contributed by atoms with Crippen LogP contribution >= 0.6 is 0 Å². The van der Waals surface area contributed by atoms with Gasteiger partial charge in [-0.15, -0.1) is 0 Å². The van der Waals surface area contributed by atoms with Gasteiger partial charge in [0.2, 0.25) is 5.88 Å². The first-order chi connectivity index (χ1) is 7.08. The molecule has 0 fully saturated rings. The lowest BCUT2D eigenvalue weighted by atomic mass is 10.5. The Morgan fingerprint density at radius 3 is 2.73 bits per heavy atom. The third-order valence-corrected chi connectivity index (χ3v) is 1.93. The topological polar surface area (TPSA) is 94.0 Å². The maximum absolute atomic E-state index is 11.4. The molecular formula is C9H9N3O3. The Hall–Kier alpha value is -2.24. The molecule has 3 N–H and O–H groups in total. The van der Waals surface area contributed by atoms with Crippen LogP contribution in [0.4, 0.5) is 5.69 Å². The number of aromatic amines is 1. The van der Waals surface area contributed by atoms with E-state index in [1.807, 2.05) is 0 Å². The van der Waals surface area contributed by atoms with E-state index in [4.69, 9.17) is 10.2 Å². The number of hydrogen-bond donors (Lipinski definition) is 2. The molecule has 0 bridgehead atoms. The zero-order valence-corrected chi connectivity index (χ0v) is 7.98. The molecule has 0 aromatic carbocycles. The van der Waals surface area contributed by atoms with Crippen LogP contribution in [-0.2, 0) is 0 Å². The van der Waals surface area contributed by atoms with Crippen molar-refractivity contribution in [3.8, 4) is 5.88 Å². The number of nitrogen functional groups attached to an aromatic ring is 1. The first-order valence-electron chi connectivity index (χ1n) is 4.26. The fraction of sp³-hybridized carbons (Fsp3) is 0.111. The van der Waals surface area contributed by atoms with Crippen molar-refractivity contribution in [2.75, 3.05) is 5.73 Å². The zero-order chi connectivity index (χ0) is 11.0. The summed E-state index contributed by atoms with van der Waals surface area (Å²) >= 11 is 0. The van der Waals surface area contributed by atoms with Gasteiger partial charge in [-0.1, -0.05) is 0 Å². The minimum absolute atomic E-state index is 0.0383. The molecule has 0 atom stereocenters. The summed E-state index contributed by atoms with van der Waals surface area (Å²) < 4.78 is 6.37. The molecule has 0 aliphatic rings. The lowest BCUT2D eigenvalue weighted by Gasteiger charge is -2.00. The molecule has 0 spiro atoms. The summed E-state index contributed by atoms with van der Waals surface area (Å²) in [4.78, 5) is 24.5. The Morgan fingerprint density at radius 1 is 1.40 bits per heavy atom. The predicted molar refractivity (Wildman–Crippen MR) is 54.1 cm³/mol. The van der Waals surface area contributed by atoms with Gasteiger partial charge in [-0.25, -0.2) is 9.36 Å². The van der Waals surface area contributed by atoms with E-state index in [2.05, 4.69) is 4.98 Å². The summed E-state index contributed by atoms with van der Waals surface area (Å²) in [6, 6.07) is 3.33. The minimum atomic E-state index is -0.598. The third-order valence-electron chi connectivity index (χ3n) is 1.93. The van der Waals surface area contributed by atoms with E-state index < -0.39 is 11.2 Å². The number of nitrogens with zero attached hydrogens (tertiary/aromatic N) is 1. The van der Waals surface area contributed by atoms with Crippen molar-refractivity contribution in [1.29, 1.82) is 0 Å². The fourth-order valence-electron chi connectivity index (χ4n) is 1.20. The summed E-state index contributed by atoms with van der Waals surface area (Å²) in [5.74, 6) is 0.988. The van der Waals surface area contributed by atoms with Crippen LogP contribution in [0.3, 0.4) is 0 Å². The molecule has 0 saturated carbocycles. The van der Waals surface area contributed by atoms with Gasteiger partial charge >= 0.3 is 5.69 Å². The van der Waals surface area contributed by atoms with Crippen molar-refractivity contribution in [2.24, 2.45) is 0 Å². The fourth-order valence-corrected chi connectivity index (χ4v) is 1.20. The largest absolute Gasteiger partial charge is 0.445 e. The highest BCUT2D eigenvalue weighted by Gasteiger charge is 2.06. The van der Waals surface area contributed by atoms with Crippen molar-refractivity contribution >= 4 is 5.69 Å². The molecule has 15 heavy (non-hydrogen) atoms. The molecule has 6 heteroatoms. The highest BCUT2D eigenvalue weighted by molar-refractivity contribution is 5.34. The Balaban J connectivity index is 2.68. The molecule has 2 rings (SSSR count). The van der Waals surface area contributed by atoms with E-state index in [1.54, 1.807) is 19.1 Å². The van der Waals surface area contributed by atoms with Crippen molar-refractivity contribution < 1.29 is 4.42 Å². The van der Waals surface area contributed by atoms with Gasteiger partial charge in [-0.3, -0.25) is 9.78 Å². The number of aromatic nitrogens is 2. The zero-order valence-electron chi connectivity index (χ0n) is 7.98. The second-order valence-electron chi connectivity index (χ2n) is 3.10. The molecule has 2 aromatic rings. The molecule has 0 saturated heterocycles. The van der Waals surface area contributed by atoms with Crippen LogP contribution in [0.1, 0.15) is 5.76 Å². The molecule has 0 aliphatic heterocycles. The highest BCUT2D eigenvalue weighted by atomic mass is 16.4. The predicted octanol–water partition coefficient (Wildman–Crippen LogP) is 0.00942. The highest BCUT2D eigenvalue weighted by Crippen LogP contribution is 2.09. The van der Waals surface area contributed by atoms with Crippen LogP contribution in [-0.4, -0.2) is 9.55 Å². The van der Waals surface area contributed by atoms with Gasteiger partial charge in [0.1, 0.15) is 11.4 Å². The van der Waals surface area contributed by atoms with Gasteiger partial charge in [-0.05, 0) is 13.0 Å². The summed E-state index contributed by atoms with van der Waals surface area (Å²) in [6.45, 7) is 1.75.